The van der Waals surface area contributed by atoms with E-state index in [0.717, 1.165) is 32.4 Å². The second-order valence-electron chi connectivity index (χ2n) is 6.05. The van der Waals surface area contributed by atoms with E-state index in [1.807, 2.05) is 0 Å². The Balaban J connectivity index is 1.73. The third kappa shape index (κ3) is 2.22. The predicted octanol–water partition coefficient (Wildman–Crippen LogP) is 1.38. The van der Waals surface area contributed by atoms with E-state index in [-0.39, 0.29) is 5.60 Å². The van der Waals surface area contributed by atoms with Gasteiger partial charge < -0.3 is 9.47 Å². The SMILES string of the molecule is COC1(CN2C3CCCC2CC(=O)C3)CCOC1. The number of rotatable bonds is 3. The molecule has 0 radical (unpaired) electrons. The van der Waals surface area contributed by atoms with Gasteiger partial charge in [-0.05, 0) is 12.8 Å². The number of nitrogens with zero attached hydrogens (tertiary/aromatic N) is 1. The summed E-state index contributed by atoms with van der Waals surface area (Å²) in [6, 6.07) is 0.912. The molecule has 3 aliphatic heterocycles. The first-order valence-electron chi connectivity index (χ1n) is 7.13. The molecule has 3 saturated heterocycles. The van der Waals surface area contributed by atoms with E-state index in [1.54, 1.807) is 7.11 Å². The topological polar surface area (TPSA) is 38.8 Å². The normalized spacial score (nSPS) is 41.3. The van der Waals surface area contributed by atoms with E-state index in [0.29, 0.717) is 24.5 Å². The smallest absolute Gasteiger partial charge is 0.136 e. The van der Waals surface area contributed by atoms with Gasteiger partial charge in [-0.25, -0.2) is 0 Å². The molecule has 0 aromatic carbocycles. The minimum absolute atomic E-state index is 0.131. The van der Waals surface area contributed by atoms with Crippen molar-refractivity contribution in [2.24, 2.45) is 0 Å². The van der Waals surface area contributed by atoms with E-state index in [9.17, 15) is 4.79 Å². The highest BCUT2D eigenvalue weighted by atomic mass is 16.5. The first-order chi connectivity index (χ1) is 8.72. The highest BCUT2D eigenvalue weighted by Gasteiger charge is 2.44. The van der Waals surface area contributed by atoms with Crippen molar-refractivity contribution < 1.29 is 14.3 Å². The summed E-state index contributed by atoms with van der Waals surface area (Å²) in [5.74, 6) is 0.454. The lowest BCUT2D eigenvalue weighted by molar-refractivity contribution is -0.131. The molecule has 4 heteroatoms. The maximum absolute atomic E-state index is 11.7. The number of carbonyl (C=O) groups is 1. The quantitative estimate of drug-likeness (QED) is 0.761. The van der Waals surface area contributed by atoms with Gasteiger partial charge >= 0.3 is 0 Å². The Kier molecular flexibility index (Phi) is 3.43. The van der Waals surface area contributed by atoms with Crippen LogP contribution < -0.4 is 0 Å². The average molecular weight is 253 g/mol. The average Bonchev–Trinajstić information content (AvgIpc) is 2.80. The summed E-state index contributed by atoms with van der Waals surface area (Å²) < 4.78 is 11.3. The van der Waals surface area contributed by atoms with Gasteiger partial charge in [-0.15, -0.1) is 0 Å². The van der Waals surface area contributed by atoms with Crippen molar-refractivity contribution in [3.05, 3.63) is 0 Å². The number of hydrogen-bond donors (Lipinski definition) is 0. The minimum atomic E-state index is -0.131. The summed E-state index contributed by atoms with van der Waals surface area (Å²) in [7, 11) is 1.79. The van der Waals surface area contributed by atoms with Crippen LogP contribution in [0.1, 0.15) is 38.5 Å². The second kappa shape index (κ2) is 4.91. The van der Waals surface area contributed by atoms with Crippen LogP contribution in [-0.2, 0) is 14.3 Å². The maximum Gasteiger partial charge on any atom is 0.136 e. The van der Waals surface area contributed by atoms with Gasteiger partial charge in [-0.3, -0.25) is 9.69 Å². The molecule has 3 aliphatic rings. The number of Topliss-reactive ketones (excluding diaryl/α,β-unsaturated/α-hetero) is 1. The fourth-order valence-corrected chi connectivity index (χ4v) is 3.80. The molecule has 0 spiro atoms. The lowest BCUT2D eigenvalue weighted by atomic mass is 9.82. The summed E-state index contributed by atoms with van der Waals surface area (Å²) in [6.07, 6.45) is 6.09. The third-order valence-electron chi connectivity index (χ3n) is 4.91. The molecule has 0 aromatic heterocycles. The fourth-order valence-electron chi connectivity index (χ4n) is 3.80. The van der Waals surface area contributed by atoms with Crippen molar-refractivity contribution >= 4 is 5.78 Å². The van der Waals surface area contributed by atoms with Crippen LogP contribution in [0.15, 0.2) is 0 Å². The molecule has 102 valence electrons. The Morgan fingerprint density at radius 1 is 1.39 bits per heavy atom. The summed E-state index contributed by atoms with van der Waals surface area (Å²) in [5, 5.41) is 0. The lowest BCUT2D eigenvalue weighted by Gasteiger charge is -2.48. The van der Waals surface area contributed by atoms with Crippen LogP contribution in [0.25, 0.3) is 0 Å². The molecule has 0 N–H and O–H groups in total. The fraction of sp³-hybridized carbons (Fsp3) is 0.929. The van der Waals surface area contributed by atoms with Crippen LogP contribution in [0.2, 0.25) is 0 Å². The van der Waals surface area contributed by atoms with Crippen LogP contribution >= 0.6 is 0 Å². The molecular weight excluding hydrogens is 230 g/mol. The predicted molar refractivity (Wildman–Crippen MR) is 67.6 cm³/mol. The number of methoxy groups -OCH3 is 1. The van der Waals surface area contributed by atoms with Crippen molar-refractivity contribution in [2.75, 3.05) is 26.9 Å². The number of carbonyl (C=O) groups excluding carboxylic acids is 1. The zero-order valence-electron chi connectivity index (χ0n) is 11.2. The second-order valence-corrected chi connectivity index (χ2v) is 6.05. The highest BCUT2D eigenvalue weighted by molar-refractivity contribution is 5.80. The lowest BCUT2D eigenvalue weighted by Crippen LogP contribution is -2.58. The molecule has 0 aromatic rings. The molecule has 3 fully saturated rings. The molecule has 18 heavy (non-hydrogen) atoms. The molecule has 3 unspecified atom stereocenters. The largest absolute Gasteiger partial charge is 0.378 e. The van der Waals surface area contributed by atoms with Crippen molar-refractivity contribution in [2.45, 2.75) is 56.2 Å². The first kappa shape index (κ1) is 12.6. The van der Waals surface area contributed by atoms with Gasteiger partial charge in [0.15, 0.2) is 0 Å². The van der Waals surface area contributed by atoms with Crippen LogP contribution in [-0.4, -0.2) is 55.2 Å². The Morgan fingerprint density at radius 3 is 2.67 bits per heavy atom. The monoisotopic (exact) mass is 253 g/mol. The Labute approximate surface area is 109 Å². The van der Waals surface area contributed by atoms with E-state index < -0.39 is 0 Å². The first-order valence-corrected chi connectivity index (χ1v) is 7.13. The third-order valence-corrected chi connectivity index (χ3v) is 4.91. The molecule has 3 atom stereocenters. The van der Waals surface area contributed by atoms with E-state index >= 15 is 0 Å². The van der Waals surface area contributed by atoms with Gasteiger partial charge in [-0.1, -0.05) is 6.42 Å². The van der Waals surface area contributed by atoms with Crippen LogP contribution in [0, 0.1) is 0 Å². The standard InChI is InChI=1S/C14H23NO3/c1-17-14(5-6-18-10-14)9-15-11-3-2-4-12(15)8-13(16)7-11/h11-12H,2-10H2,1H3. The summed E-state index contributed by atoms with van der Waals surface area (Å²) in [5.41, 5.74) is -0.131. The van der Waals surface area contributed by atoms with Crippen molar-refractivity contribution in [1.29, 1.82) is 0 Å². The van der Waals surface area contributed by atoms with Crippen LogP contribution in [0.3, 0.4) is 0 Å². The minimum Gasteiger partial charge on any atom is -0.378 e. The molecule has 3 heterocycles. The zero-order chi connectivity index (χ0) is 12.6. The number of hydrogen-bond acceptors (Lipinski definition) is 4. The number of ketones is 1. The van der Waals surface area contributed by atoms with Crippen molar-refractivity contribution in [1.82, 2.24) is 4.90 Å². The van der Waals surface area contributed by atoms with E-state index in [4.69, 9.17) is 9.47 Å². The van der Waals surface area contributed by atoms with Crippen molar-refractivity contribution in [3.63, 3.8) is 0 Å². The van der Waals surface area contributed by atoms with Gasteiger partial charge in [0.2, 0.25) is 0 Å². The summed E-state index contributed by atoms with van der Waals surface area (Å²) in [6.45, 7) is 2.44. The van der Waals surface area contributed by atoms with E-state index in [1.165, 1.54) is 19.3 Å². The molecule has 2 bridgehead atoms. The maximum atomic E-state index is 11.7. The Hall–Kier alpha value is -0.450. The summed E-state index contributed by atoms with van der Waals surface area (Å²) >= 11 is 0. The van der Waals surface area contributed by atoms with Gasteiger partial charge in [0.25, 0.3) is 0 Å². The zero-order valence-corrected chi connectivity index (χ0v) is 11.2. The number of ether oxygens (including phenoxy) is 2. The molecule has 0 saturated carbocycles. The van der Waals surface area contributed by atoms with Crippen LogP contribution in [0.5, 0.6) is 0 Å². The van der Waals surface area contributed by atoms with Crippen LogP contribution in [0.4, 0.5) is 0 Å². The Morgan fingerprint density at radius 2 is 2.11 bits per heavy atom. The molecule has 0 aliphatic carbocycles. The number of fused-ring (bicyclic) bond motifs is 2. The number of piperidine rings is 2. The Bertz CT molecular complexity index is 309. The van der Waals surface area contributed by atoms with Gasteiger partial charge in [-0.2, -0.15) is 0 Å². The molecule has 4 nitrogen and oxygen atoms in total. The van der Waals surface area contributed by atoms with E-state index in [2.05, 4.69) is 4.90 Å². The summed E-state index contributed by atoms with van der Waals surface area (Å²) in [4.78, 5) is 14.3. The van der Waals surface area contributed by atoms with Gasteiger partial charge in [0.1, 0.15) is 11.4 Å². The molecule has 3 rings (SSSR count). The van der Waals surface area contributed by atoms with Gasteiger partial charge in [0.05, 0.1) is 6.61 Å². The molecular formula is C14H23NO3. The van der Waals surface area contributed by atoms with Gasteiger partial charge in [0, 0.05) is 51.6 Å². The van der Waals surface area contributed by atoms with Crippen molar-refractivity contribution in [3.8, 4) is 0 Å². The highest BCUT2D eigenvalue weighted by Crippen LogP contribution is 2.35. The molecule has 0 amide bonds.